The van der Waals surface area contributed by atoms with E-state index in [2.05, 4.69) is 10.2 Å². The number of hydrogen-bond donors (Lipinski definition) is 1. The maximum absolute atomic E-state index is 13.2. The lowest BCUT2D eigenvalue weighted by molar-refractivity contribution is -0.140. The van der Waals surface area contributed by atoms with E-state index in [0.29, 0.717) is 5.56 Å². The van der Waals surface area contributed by atoms with Crippen LogP contribution in [0.25, 0.3) is 0 Å². The van der Waals surface area contributed by atoms with Crippen molar-refractivity contribution < 1.29 is 17.6 Å². The Morgan fingerprint density at radius 2 is 1.71 bits per heavy atom. The van der Waals surface area contributed by atoms with Gasteiger partial charge in [0.2, 0.25) is 0 Å². The third kappa shape index (κ3) is 4.98. The molecule has 1 saturated heterocycles. The van der Waals surface area contributed by atoms with E-state index >= 15 is 0 Å². The molecular weight excluding hydrogens is 331 g/mol. The number of rotatable bonds is 2. The van der Waals surface area contributed by atoms with Gasteiger partial charge in [-0.25, -0.2) is 4.39 Å². The highest BCUT2D eigenvalue weighted by atomic mass is 35.5. The van der Waals surface area contributed by atoms with E-state index < -0.39 is 17.6 Å². The van der Waals surface area contributed by atoms with Gasteiger partial charge in [-0.3, -0.25) is 4.90 Å². The fourth-order valence-electron chi connectivity index (χ4n) is 2.30. The van der Waals surface area contributed by atoms with Crippen molar-refractivity contribution >= 4 is 24.8 Å². The van der Waals surface area contributed by atoms with Crippen molar-refractivity contribution in [3.8, 4) is 0 Å². The molecular formula is C13H18Cl2F4N2. The SMILES string of the molecule is C[C@H](c1ccc(F)c(C(F)(F)F)c1)N1CCNCC1.Cl.Cl. The summed E-state index contributed by atoms with van der Waals surface area (Å²) < 4.78 is 51.2. The fourth-order valence-corrected chi connectivity index (χ4v) is 2.30. The molecule has 0 aliphatic carbocycles. The van der Waals surface area contributed by atoms with Crippen LogP contribution in [-0.2, 0) is 6.18 Å². The molecule has 2 rings (SSSR count). The van der Waals surface area contributed by atoms with Crippen LogP contribution >= 0.6 is 24.8 Å². The summed E-state index contributed by atoms with van der Waals surface area (Å²) in [5.74, 6) is -1.22. The second-order valence-corrected chi connectivity index (χ2v) is 4.70. The van der Waals surface area contributed by atoms with E-state index in [9.17, 15) is 17.6 Å². The Hall–Kier alpha value is -0.560. The minimum absolute atomic E-state index is 0. The molecule has 0 amide bonds. The largest absolute Gasteiger partial charge is 0.419 e. The highest BCUT2D eigenvalue weighted by molar-refractivity contribution is 5.85. The van der Waals surface area contributed by atoms with Crippen molar-refractivity contribution in [3.63, 3.8) is 0 Å². The lowest BCUT2D eigenvalue weighted by Crippen LogP contribution is -2.44. The van der Waals surface area contributed by atoms with Crippen molar-refractivity contribution in [2.75, 3.05) is 26.2 Å². The van der Waals surface area contributed by atoms with E-state index in [1.807, 2.05) is 6.92 Å². The van der Waals surface area contributed by atoms with Gasteiger partial charge in [0, 0.05) is 32.2 Å². The van der Waals surface area contributed by atoms with E-state index in [0.717, 1.165) is 38.3 Å². The highest BCUT2D eigenvalue weighted by Gasteiger charge is 2.34. The standard InChI is InChI=1S/C13H16F4N2.2ClH/c1-9(19-6-4-18-5-7-19)10-2-3-12(14)11(8-10)13(15,16)17;;/h2-3,8-9,18H,4-7H2,1H3;2*1H/t9-;;/m1../s1. The van der Waals surface area contributed by atoms with Gasteiger partial charge in [0.1, 0.15) is 5.82 Å². The van der Waals surface area contributed by atoms with Gasteiger partial charge in [0.05, 0.1) is 5.56 Å². The number of nitrogens with zero attached hydrogens (tertiary/aromatic N) is 1. The van der Waals surface area contributed by atoms with Gasteiger partial charge in [-0.05, 0) is 24.6 Å². The molecule has 1 aromatic carbocycles. The first-order chi connectivity index (χ1) is 8.89. The van der Waals surface area contributed by atoms with Crippen molar-refractivity contribution in [1.29, 1.82) is 0 Å². The minimum Gasteiger partial charge on any atom is -0.314 e. The van der Waals surface area contributed by atoms with E-state index in [1.54, 1.807) is 0 Å². The number of nitrogens with one attached hydrogen (secondary N) is 1. The highest BCUT2D eigenvalue weighted by Crippen LogP contribution is 2.33. The van der Waals surface area contributed by atoms with Crippen LogP contribution in [0.4, 0.5) is 17.6 Å². The number of alkyl halides is 3. The van der Waals surface area contributed by atoms with Crippen LogP contribution in [0.3, 0.4) is 0 Å². The summed E-state index contributed by atoms with van der Waals surface area (Å²) in [7, 11) is 0. The molecule has 21 heavy (non-hydrogen) atoms. The molecule has 8 heteroatoms. The van der Waals surface area contributed by atoms with Crippen LogP contribution in [-0.4, -0.2) is 31.1 Å². The molecule has 1 aromatic rings. The summed E-state index contributed by atoms with van der Waals surface area (Å²) in [5.41, 5.74) is -0.692. The molecule has 0 saturated carbocycles. The van der Waals surface area contributed by atoms with Gasteiger partial charge in [-0.1, -0.05) is 6.07 Å². The Kier molecular flexibility index (Phi) is 7.95. The Morgan fingerprint density at radius 1 is 1.14 bits per heavy atom. The average Bonchev–Trinajstić information content (AvgIpc) is 2.38. The second kappa shape index (κ2) is 8.17. The number of piperazine rings is 1. The predicted octanol–water partition coefficient (Wildman–Crippen LogP) is 3.65. The van der Waals surface area contributed by atoms with Gasteiger partial charge in [0.15, 0.2) is 0 Å². The second-order valence-electron chi connectivity index (χ2n) is 4.70. The van der Waals surface area contributed by atoms with Gasteiger partial charge >= 0.3 is 6.18 Å². The lowest BCUT2D eigenvalue weighted by Gasteiger charge is -2.33. The Morgan fingerprint density at radius 3 is 2.24 bits per heavy atom. The fraction of sp³-hybridized carbons (Fsp3) is 0.538. The third-order valence-corrected chi connectivity index (χ3v) is 3.48. The minimum atomic E-state index is -4.65. The summed E-state index contributed by atoms with van der Waals surface area (Å²) in [6.07, 6.45) is -4.65. The molecule has 1 N–H and O–H groups in total. The molecule has 1 aliphatic rings. The van der Waals surface area contributed by atoms with E-state index in [1.165, 1.54) is 6.07 Å². The molecule has 1 heterocycles. The van der Waals surface area contributed by atoms with Crippen molar-refractivity contribution in [1.82, 2.24) is 10.2 Å². The van der Waals surface area contributed by atoms with E-state index in [4.69, 9.17) is 0 Å². The smallest absolute Gasteiger partial charge is 0.314 e. The monoisotopic (exact) mass is 348 g/mol. The molecule has 1 aliphatic heterocycles. The molecule has 0 aromatic heterocycles. The Bertz CT molecular complexity index is 448. The molecule has 1 fully saturated rings. The molecule has 0 unspecified atom stereocenters. The maximum Gasteiger partial charge on any atom is 0.419 e. The zero-order valence-electron chi connectivity index (χ0n) is 11.4. The number of halogens is 6. The molecule has 0 spiro atoms. The molecule has 2 nitrogen and oxygen atoms in total. The van der Waals surface area contributed by atoms with Crippen LogP contribution in [0, 0.1) is 5.82 Å². The van der Waals surface area contributed by atoms with Crippen LogP contribution in [0.5, 0.6) is 0 Å². The van der Waals surface area contributed by atoms with Gasteiger partial charge in [0.25, 0.3) is 0 Å². The van der Waals surface area contributed by atoms with Crippen LogP contribution in [0.2, 0.25) is 0 Å². The number of hydrogen-bond acceptors (Lipinski definition) is 2. The number of benzene rings is 1. The van der Waals surface area contributed by atoms with Crippen molar-refractivity contribution in [2.45, 2.75) is 19.1 Å². The first kappa shape index (κ1) is 20.4. The summed E-state index contributed by atoms with van der Waals surface area (Å²) in [4.78, 5) is 2.09. The molecule has 1 atom stereocenters. The maximum atomic E-state index is 13.2. The molecule has 0 bridgehead atoms. The van der Waals surface area contributed by atoms with Gasteiger partial charge in [-0.15, -0.1) is 24.8 Å². The van der Waals surface area contributed by atoms with Crippen LogP contribution in [0.15, 0.2) is 18.2 Å². The first-order valence-electron chi connectivity index (χ1n) is 6.21. The summed E-state index contributed by atoms with van der Waals surface area (Å²) in [6, 6.07) is 3.10. The summed E-state index contributed by atoms with van der Waals surface area (Å²) in [6.45, 7) is 5.04. The average molecular weight is 349 g/mol. The third-order valence-electron chi connectivity index (χ3n) is 3.48. The normalized spacial score (nSPS) is 17.6. The Labute approximate surface area is 133 Å². The first-order valence-corrected chi connectivity index (χ1v) is 6.21. The zero-order chi connectivity index (χ0) is 14.0. The zero-order valence-corrected chi connectivity index (χ0v) is 13.0. The quantitative estimate of drug-likeness (QED) is 0.820. The van der Waals surface area contributed by atoms with E-state index in [-0.39, 0.29) is 30.9 Å². The van der Waals surface area contributed by atoms with Crippen LogP contribution in [0.1, 0.15) is 24.1 Å². The van der Waals surface area contributed by atoms with Gasteiger partial charge in [-0.2, -0.15) is 13.2 Å². The van der Waals surface area contributed by atoms with Crippen molar-refractivity contribution in [2.24, 2.45) is 0 Å². The summed E-state index contributed by atoms with van der Waals surface area (Å²) in [5, 5.41) is 3.18. The lowest BCUT2D eigenvalue weighted by atomic mass is 10.0. The van der Waals surface area contributed by atoms with Crippen molar-refractivity contribution in [3.05, 3.63) is 35.1 Å². The molecule has 0 radical (unpaired) electrons. The topological polar surface area (TPSA) is 15.3 Å². The van der Waals surface area contributed by atoms with Crippen LogP contribution < -0.4 is 5.32 Å². The molecule has 122 valence electrons. The van der Waals surface area contributed by atoms with Gasteiger partial charge < -0.3 is 5.32 Å². The Balaban J connectivity index is 0.00000200. The predicted molar refractivity (Wildman–Crippen MR) is 78.8 cm³/mol. The summed E-state index contributed by atoms with van der Waals surface area (Å²) >= 11 is 0.